The lowest BCUT2D eigenvalue weighted by Gasteiger charge is -2.12. The Morgan fingerprint density at radius 3 is 2.24 bits per heavy atom. The van der Waals surface area contributed by atoms with Crippen molar-refractivity contribution >= 4 is 35.6 Å². The van der Waals surface area contributed by atoms with Crippen molar-refractivity contribution in [3.8, 4) is 5.75 Å². The Morgan fingerprint density at radius 2 is 1.60 bits per heavy atom. The molecule has 6 heteroatoms. The molecule has 0 spiro atoms. The normalized spacial score (nSPS) is 10.4. The first-order chi connectivity index (χ1) is 11.7. The number of nitrogens with one attached hydrogen (secondary N) is 1. The van der Waals surface area contributed by atoms with Gasteiger partial charge in [-0.25, -0.2) is 0 Å². The van der Waals surface area contributed by atoms with Gasteiger partial charge in [0.1, 0.15) is 6.61 Å². The lowest BCUT2D eigenvalue weighted by atomic mass is 10.2. The zero-order chi connectivity index (χ0) is 17.2. The summed E-state index contributed by atoms with van der Waals surface area (Å²) in [6.45, 7) is 2.30. The molecule has 0 aliphatic rings. The van der Waals surface area contributed by atoms with Gasteiger partial charge in [0.05, 0.1) is 10.0 Å². The van der Waals surface area contributed by atoms with Gasteiger partial charge in [0.15, 0.2) is 5.75 Å². The number of ether oxygens (including phenoxy) is 1. The van der Waals surface area contributed by atoms with Crippen molar-refractivity contribution < 1.29 is 9.84 Å². The van der Waals surface area contributed by atoms with Gasteiger partial charge in [-0.05, 0) is 49.1 Å². The number of hydrogen-bond donors (Lipinski definition) is 2. The zero-order valence-corrected chi connectivity index (χ0v) is 16.3. The molecule has 3 nitrogen and oxygen atoms in total. The van der Waals surface area contributed by atoms with Crippen LogP contribution in [0.3, 0.4) is 0 Å². The Kier molecular flexibility index (Phi) is 10.9. The average molecular weight is 405 g/mol. The maximum Gasteiger partial charge on any atom is 0.156 e. The van der Waals surface area contributed by atoms with Gasteiger partial charge in [-0.1, -0.05) is 53.5 Å². The molecule has 25 heavy (non-hydrogen) atoms. The third-order valence-electron chi connectivity index (χ3n) is 3.62. The van der Waals surface area contributed by atoms with Crippen molar-refractivity contribution in [2.45, 2.75) is 32.4 Å². The summed E-state index contributed by atoms with van der Waals surface area (Å²) in [6.07, 6.45) is 2.92. The molecular formula is C19H24Cl3NO2. The summed E-state index contributed by atoms with van der Waals surface area (Å²) in [5.41, 5.74) is 2.09. The molecule has 0 radical (unpaired) electrons. The first-order valence-electron chi connectivity index (χ1n) is 8.17. The van der Waals surface area contributed by atoms with Crippen molar-refractivity contribution in [1.29, 1.82) is 0 Å². The fourth-order valence-electron chi connectivity index (χ4n) is 2.35. The molecule has 0 unspecified atom stereocenters. The Bertz CT molecular complexity index is 600. The Balaban J connectivity index is 0.00000312. The van der Waals surface area contributed by atoms with Crippen LogP contribution in [0.25, 0.3) is 0 Å². The highest BCUT2D eigenvalue weighted by Gasteiger charge is 2.10. The molecule has 0 aliphatic heterocycles. The van der Waals surface area contributed by atoms with Crippen LogP contribution in [0.4, 0.5) is 0 Å². The van der Waals surface area contributed by atoms with Crippen LogP contribution in [0.2, 0.25) is 10.0 Å². The van der Waals surface area contributed by atoms with Crippen molar-refractivity contribution in [1.82, 2.24) is 5.32 Å². The van der Waals surface area contributed by atoms with Gasteiger partial charge in [-0.2, -0.15) is 0 Å². The number of rotatable bonds is 10. The van der Waals surface area contributed by atoms with E-state index in [1.807, 2.05) is 42.5 Å². The van der Waals surface area contributed by atoms with Crippen LogP contribution >= 0.6 is 35.6 Å². The molecule has 2 rings (SSSR count). The first-order valence-corrected chi connectivity index (χ1v) is 8.92. The summed E-state index contributed by atoms with van der Waals surface area (Å²) in [5, 5.41) is 13.1. The average Bonchev–Trinajstić information content (AvgIpc) is 2.58. The number of halogens is 3. The van der Waals surface area contributed by atoms with Crippen LogP contribution in [-0.4, -0.2) is 18.3 Å². The summed E-state index contributed by atoms with van der Waals surface area (Å²) in [4.78, 5) is 0. The smallest absolute Gasteiger partial charge is 0.156 e. The van der Waals surface area contributed by atoms with Gasteiger partial charge in [0.25, 0.3) is 0 Å². The molecule has 0 saturated heterocycles. The molecule has 0 aromatic heterocycles. The van der Waals surface area contributed by atoms with Crippen molar-refractivity contribution in [3.63, 3.8) is 0 Å². The molecule has 2 aromatic carbocycles. The van der Waals surface area contributed by atoms with Gasteiger partial charge in [-0.15, -0.1) is 12.4 Å². The number of benzene rings is 2. The van der Waals surface area contributed by atoms with E-state index in [9.17, 15) is 0 Å². The largest absolute Gasteiger partial charge is 0.486 e. The predicted octanol–water partition coefficient (Wildman–Crippen LogP) is 5.25. The third kappa shape index (κ3) is 7.85. The first kappa shape index (κ1) is 22.1. The van der Waals surface area contributed by atoms with Crippen LogP contribution < -0.4 is 10.1 Å². The summed E-state index contributed by atoms with van der Waals surface area (Å²) >= 11 is 12.6. The maximum absolute atomic E-state index is 8.74. The molecule has 0 bridgehead atoms. The van der Waals surface area contributed by atoms with Gasteiger partial charge in [-0.3, -0.25) is 0 Å². The van der Waals surface area contributed by atoms with Crippen LogP contribution in [0.1, 0.15) is 30.4 Å². The number of aliphatic hydroxyl groups is 1. The SMILES string of the molecule is Cl.OCCCCCNCc1cc(Cl)c(OCc2ccccc2)c(Cl)c1. The van der Waals surface area contributed by atoms with E-state index in [1.165, 1.54) is 0 Å². The molecule has 0 amide bonds. The molecular weight excluding hydrogens is 381 g/mol. The summed E-state index contributed by atoms with van der Waals surface area (Å²) in [6, 6.07) is 13.7. The van der Waals surface area contributed by atoms with Crippen molar-refractivity contribution in [2.75, 3.05) is 13.2 Å². The fraction of sp³-hybridized carbons (Fsp3) is 0.368. The lowest BCUT2D eigenvalue weighted by molar-refractivity contribution is 0.283. The molecule has 2 aromatic rings. The quantitative estimate of drug-likeness (QED) is 0.532. The van der Waals surface area contributed by atoms with E-state index in [0.717, 1.165) is 36.9 Å². The summed E-state index contributed by atoms with van der Waals surface area (Å²) < 4.78 is 5.77. The minimum atomic E-state index is 0. The van der Waals surface area contributed by atoms with Gasteiger partial charge < -0.3 is 15.2 Å². The van der Waals surface area contributed by atoms with E-state index in [0.29, 0.717) is 28.9 Å². The molecule has 0 atom stereocenters. The number of aliphatic hydroxyl groups excluding tert-OH is 1. The van der Waals surface area contributed by atoms with E-state index in [2.05, 4.69) is 5.32 Å². The van der Waals surface area contributed by atoms with Crippen LogP contribution in [0, 0.1) is 0 Å². The minimum Gasteiger partial charge on any atom is -0.486 e. The van der Waals surface area contributed by atoms with E-state index in [4.69, 9.17) is 33.0 Å². The Labute approximate surface area is 165 Å². The van der Waals surface area contributed by atoms with Crippen LogP contribution in [-0.2, 0) is 13.2 Å². The summed E-state index contributed by atoms with van der Waals surface area (Å²) in [5.74, 6) is 0.522. The molecule has 138 valence electrons. The monoisotopic (exact) mass is 403 g/mol. The number of unbranched alkanes of at least 4 members (excludes halogenated alkanes) is 2. The molecule has 0 saturated carbocycles. The second-order valence-electron chi connectivity index (χ2n) is 5.62. The standard InChI is InChI=1S/C19H23Cl2NO2.ClH/c20-17-11-16(13-22-9-5-2-6-10-23)12-18(21)19(17)24-14-15-7-3-1-4-8-15;/h1,3-4,7-8,11-12,22-23H,2,5-6,9-10,13-14H2;1H. The lowest BCUT2D eigenvalue weighted by Crippen LogP contribution is -2.14. The van der Waals surface area contributed by atoms with E-state index >= 15 is 0 Å². The highest BCUT2D eigenvalue weighted by atomic mass is 35.5. The van der Waals surface area contributed by atoms with Crippen LogP contribution in [0.15, 0.2) is 42.5 Å². The molecule has 0 aliphatic carbocycles. The van der Waals surface area contributed by atoms with Crippen molar-refractivity contribution in [3.05, 3.63) is 63.6 Å². The molecule has 0 heterocycles. The van der Waals surface area contributed by atoms with E-state index in [-0.39, 0.29) is 19.0 Å². The van der Waals surface area contributed by atoms with E-state index in [1.54, 1.807) is 0 Å². The Hall–Kier alpha value is -0.970. The minimum absolute atomic E-state index is 0. The second-order valence-corrected chi connectivity index (χ2v) is 6.44. The van der Waals surface area contributed by atoms with E-state index < -0.39 is 0 Å². The highest BCUT2D eigenvalue weighted by molar-refractivity contribution is 6.37. The molecule has 2 N–H and O–H groups in total. The van der Waals surface area contributed by atoms with Gasteiger partial charge in [0, 0.05) is 13.2 Å². The number of hydrogen-bond acceptors (Lipinski definition) is 3. The zero-order valence-electron chi connectivity index (χ0n) is 14.0. The summed E-state index contributed by atoms with van der Waals surface area (Å²) in [7, 11) is 0. The molecule has 0 fully saturated rings. The van der Waals surface area contributed by atoms with Crippen molar-refractivity contribution in [2.24, 2.45) is 0 Å². The highest BCUT2D eigenvalue weighted by Crippen LogP contribution is 2.34. The second kappa shape index (κ2) is 12.4. The maximum atomic E-state index is 8.74. The fourth-order valence-corrected chi connectivity index (χ4v) is 2.99. The third-order valence-corrected chi connectivity index (χ3v) is 4.19. The Morgan fingerprint density at radius 1 is 0.920 bits per heavy atom. The van der Waals surface area contributed by atoms with Crippen LogP contribution in [0.5, 0.6) is 5.75 Å². The van der Waals surface area contributed by atoms with Gasteiger partial charge >= 0.3 is 0 Å². The van der Waals surface area contributed by atoms with Gasteiger partial charge in [0.2, 0.25) is 0 Å². The predicted molar refractivity (Wildman–Crippen MR) is 107 cm³/mol. The topological polar surface area (TPSA) is 41.5 Å².